The zero-order valence-electron chi connectivity index (χ0n) is 38.0. The van der Waals surface area contributed by atoms with Gasteiger partial charge in [-0.1, -0.05) is 113 Å². The van der Waals surface area contributed by atoms with Crippen molar-refractivity contribution in [2.24, 2.45) is 0 Å². The minimum absolute atomic E-state index is 0.135. The molecule has 13 rings (SSSR count). The number of hydrogen-bond donors (Lipinski definition) is 0. The number of ether oxygens (including phenoxy) is 1. The first-order valence-corrected chi connectivity index (χ1v) is 24.8. The molecule has 0 fully saturated rings. The van der Waals surface area contributed by atoms with Crippen LogP contribution in [0.15, 0.2) is 192 Å². The van der Waals surface area contributed by atoms with Crippen molar-refractivity contribution in [1.82, 2.24) is 0 Å². The van der Waals surface area contributed by atoms with Gasteiger partial charge in [-0.2, -0.15) is 0 Å². The van der Waals surface area contributed by atoms with Crippen LogP contribution >= 0.6 is 22.7 Å². The molecule has 67 heavy (non-hydrogen) atoms. The average Bonchev–Trinajstić information content (AvgIpc) is 4.19. The zero-order valence-corrected chi connectivity index (χ0v) is 39.7. The van der Waals surface area contributed by atoms with Crippen molar-refractivity contribution in [3.63, 3.8) is 0 Å². The molecule has 0 saturated carbocycles. The van der Waals surface area contributed by atoms with Gasteiger partial charge in [-0.15, -0.1) is 22.7 Å². The van der Waals surface area contributed by atoms with Gasteiger partial charge in [0.05, 0.1) is 0 Å². The quantitative estimate of drug-likeness (QED) is 0.159. The number of fused-ring (bicyclic) bond motifs is 9. The number of benzene rings is 8. The van der Waals surface area contributed by atoms with Gasteiger partial charge < -0.3 is 9.15 Å². The van der Waals surface area contributed by atoms with Gasteiger partial charge in [-0.3, -0.25) is 0 Å². The summed E-state index contributed by atoms with van der Waals surface area (Å²) < 4.78 is 13.2. The second-order valence-corrected chi connectivity index (χ2v) is 21.5. The standard InChI is InChI=1S/C63H46O2S2/c1-37-30-47-45-23-18-41(38-12-8-6-9-13-38)32-51(45)62(2,3)53(47)35-56(37)64-44-21-16-40(17-22-44)58-26-28-60(66-58)61-29-27-59(67-61)43-20-25-55-49(31-43)50-34-48-46-24-19-42(39-14-10-7-11-15-39)33-52(46)63(4,5)54(48)36-57(50)65-55/h6-36H,1-5H3. The van der Waals surface area contributed by atoms with Crippen molar-refractivity contribution < 1.29 is 9.15 Å². The molecule has 0 spiro atoms. The Bertz CT molecular complexity index is 3770. The lowest BCUT2D eigenvalue weighted by atomic mass is 9.81. The Hall–Kier alpha value is -7.24. The highest BCUT2D eigenvalue weighted by Crippen LogP contribution is 2.54. The largest absolute Gasteiger partial charge is 0.457 e. The summed E-state index contributed by atoms with van der Waals surface area (Å²) in [5.74, 6) is 1.74. The molecule has 11 aromatic rings. The van der Waals surface area contributed by atoms with Crippen molar-refractivity contribution in [3.05, 3.63) is 216 Å². The molecule has 2 aliphatic carbocycles. The minimum atomic E-state index is -0.144. The molecular weight excluding hydrogens is 853 g/mol. The molecule has 322 valence electrons. The molecule has 0 saturated heterocycles. The van der Waals surface area contributed by atoms with E-state index in [9.17, 15) is 0 Å². The van der Waals surface area contributed by atoms with Crippen molar-refractivity contribution in [3.8, 4) is 86.6 Å². The molecule has 0 bridgehead atoms. The molecule has 3 aromatic heterocycles. The summed E-state index contributed by atoms with van der Waals surface area (Å²) in [6.45, 7) is 11.5. The van der Waals surface area contributed by atoms with Crippen LogP contribution < -0.4 is 4.74 Å². The molecule has 0 unspecified atom stereocenters. The van der Waals surface area contributed by atoms with Crippen LogP contribution in [0.4, 0.5) is 0 Å². The Kier molecular flexibility index (Phi) is 8.90. The van der Waals surface area contributed by atoms with Gasteiger partial charge in [0.15, 0.2) is 0 Å². The van der Waals surface area contributed by atoms with Crippen LogP contribution in [0.25, 0.3) is 97.1 Å². The second kappa shape index (κ2) is 14.9. The summed E-state index contributed by atoms with van der Waals surface area (Å²) >= 11 is 3.67. The van der Waals surface area contributed by atoms with Gasteiger partial charge >= 0.3 is 0 Å². The molecule has 4 heteroatoms. The van der Waals surface area contributed by atoms with Crippen LogP contribution in [0, 0.1) is 6.92 Å². The fourth-order valence-electron chi connectivity index (χ4n) is 10.8. The number of thiophene rings is 2. The topological polar surface area (TPSA) is 22.4 Å². The SMILES string of the molecule is Cc1cc2c(cc1Oc1ccc(-c3ccc(-c4ccc(-c5ccc6oc7cc8c(cc7c6c5)-c5ccc(-c6ccccc6)cc5C8(C)C)s4)s3)cc1)C(C)(C)c1cc(-c3ccccc3)ccc1-2. The maximum Gasteiger partial charge on any atom is 0.135 e. The Morgan fingerprint density at radius 2 is 0.866 bits per heavy atom. The van der Waals surface area contributed by atoms with E-state index in [1.807, 2.05) is 22.7 Å². The van der Waals surface area contributed by atoms with E-state index in [1.165, 1.54) is 97.4 Å². The van der Waals surface area contributed by atoms with E-state index in [1.54, 1.807) is 0 Å². The third-order valence-corrected chi connectivity index (χ3v) is 17.0. The summed E-state index contributed by atoms with van der Waals surface area (Å²) in [5.41, 5.74) is 20.7. The smallest absolute Gasteiger partial charge is 0.135 e. The summed E-state index contributed by atoms with van der Waals surface area (Å²) in [5, 5.41) is 2.32. The number of rotatable bonds is 7. The first-order valence-electron chi connectivity index (χ1n) is 23.1. The first kappa shape index (κ1) is 40.1. The van der Waals surface area contributed by atoms with Gasteiger partial charge in [-0.25, -0.2) is 0 Å². The highest BCUT2D eigenvalue weighted by molar-refractivity contribution is 7.25. The summed E-state index contributed by atoms with van der Waals surface area (Å²) in [4.78, 5) is 5.01. The van der Waals surface area contributed by atoms with Crippen molar-refractivity contribution in [1.29, 1.82) is 0 Å². The predicted molar refractivity (Wildman–Crippen MR) is 283 cm³/mol. The normalized spacial score (nSPS) is 14.0. The highest BCUT2D eigenvalue weighted by Gasteiger charge is 2.38. The van der Waals surface area contributed by atoms with Crippen LogP contribution in [0.1, 0.15) is 55.5 Å². The zero-order chi connectivity index (χ0) is 45.2. The molecule has 0 amide bonds. The van der Waals surface area contributed by atoms with Crippen LogP contribution in [-0.4, -0.2) is 0 Å². The molecule has 0 N–H and O–H groups in total. The molecule has 2 aliphatic rings. The lowest BCUT2D eigenvalue weighted by Crippen LogP contribution is -2.15. The maximum atomic E-state index is 6.63. The van der Waals surface area contributed by atoms with Gasteiger partial charge in [0.2, 0.25) is 0 Å². The Morgan fingerprint density at radius 3 is 1.48 bits per heavy atom. The Morgan fingerprint density at radius 1 is 0.373 bits per heavy atom. The Labute approximate surface area is 399 Å². The van der Waals surface area contributed by atoms with Crippen LogP contribution in [0.3, 0.4) is 0 Å². The van der Waals surface area contributed by atoms with E-state index in [-0.39, 0.29) is 10.8 Å². The van der Waals surface area contributed by atoms with Crippen LogP contribution in [0.5, 0.6) is 11.5 Å². The molecule has 0 atom stereocenters. The Balaban J connectivity index is 0.739. The fourth-order valence-corrected chi connectivity index (χ4v) is 12.9. The molecule has 2 nitrogen and oxygen atoms in total. The van der Waals surface area contributed by atoms with E-state index in [0.29, 0.717) is 0 Å². The number of aryl methyl sites for hydroxylation is 1. The van der Waals surface area contributed by atoms with Gasteiger partial charge in [0.1, 0.15) is 22.7 Å². The molecule has 3 heterocycles. The van der Waals surface area contributed by atoms with E-state index in [0.717, 1.165) is 39.0 Å². The highest BCUT2D eigenvalue weighted by atomic mass is 32.1. The van der Waals surface area contributed by atoms with E-state index >= 15 is 0 Å². The van der Waals surface area contributed by atoms with Crippen molar-refractivity contribution in [2.45, 2.75) is 45.4 Å². The van der Waals surface area contributed by atoms with Crippen LogP contribution in [0.2, 0.25) is 0 Å². The summed E-state index contributed by atoms with van der Waals surface area (Å²) in [7, 11) is 0. The van der Waals surface area contributed by atoms with E-state index < -0.39 is 0 Å². The van der Waals surface area contributed by atoms with Gasteiger partial charge in [0.25, 0.3) is 0 Å². The average molecular weight is 899 g/mol. The molecule has 0 radical (unpaired) electrons. The predicted octanol–water partition coefficient (Wildman–Crippen LogP) is 18.8. The summed E-state index contributed by atoms with van der Waals surface area (Å²) in [6, 6.07) is 68.7. The molecule has 0 aliphatic heterocycles. The molecular formula is C63H46O2S2. The maximum absolute atomic E-state index is 6.63. The lowest BCUT2D eigenvalue weighted by Gasteiger charge is -2.23. The number of hydrogen-bond acceptors (Lipinski definition) is 4. The minimum Gasteiger partial charge on any atom is -0.457 e. The first-order chi connectivity index (χ1) is 32.6. The number of furan rings is 1. The van der Waals surface area contributed by atoms with E-state index in [2.05, 4.69) is 223 Å². The van der Waals surface area contributed by atoms with E-state index in [4.69, 9.17) is 9.15 Å². The molecule has 8 aromatic carbocycles. The van der Waals surface area contributed by atoms with Crippen LogP contribution in [-0.2, 0) is 10.8 Å². The summed E-state index contributed by atoms with van der Waals surface area (Å²) in [6.07, 6.45) is 0. The monoisotopic (exact) mass is 898 g/mol. The van der Waals surface area contributed by atoms with Gasteiger partial charge in [0, 0.05) is 41.1 Å². The lowest BCUT2D eigenvalue weighted by molar-refractivity contribution is 0.477. The second-order valence-electron chi connectivity index (χ2n) is 19.3. The van der Waals surface area contributed by atoms with Gasteiger partial charge in [-0.05, 0) is 194 Å². The third kappa shape index (κ3) is 6.42. The van der Waals surface area contributed by atoms with Crippen molar-refractivity contribution in [2.75, 3.05) is 0 Å². The van der Waals surface area contributed by atoms with Crippen molar-refractivity contribution >= 4 is 44.6 Å². The fraction of sp³-hybridized carbons (Fsp3) is 0.111. The third-order valence-electron chi connectivity index (χ3n) is 14.6.